The predicted molar refractivity (Wildman–Crippen MR) is 79.5 cm³/mol. The molecule has 0 saturated heterocycles. The van der Waals surface area contributed by atoms with Crippen LogP contribution in [0.25, 0.3) is 0 Å². The van der Waals surface area contributed by atoms with Gasteiger partial charge in [0, 0.05) is 0 Å². The van der Waals surface area contributed by atoms with Gasteiger partial charge < -0.3 is 9.16 Å². The third kappa shape index (κ3) is 3.91. The smallest absolute Gasteiger partial charge is 0.338 e. The lowest BCUT2D eigenvalue weighted by molar-refractivity contribution is -0.149. The molecule has 0 bridgehead atoms. The first-order chi connectivity index (χ1) is 8.69. The molecule has 0 aliphatic rings. The monoisotopic (exact) mass is 280 g/mol. The lowest BCUT2D eigenvalue weighted by Crippen LogP contribution is -2.43. The molecule has 1 aromatic rings. The van der Waals surface area contributed by atoms with Crippen molar-refractivity contribution in [2.75, 3.05) is 7.11 Å². The van der Waals surface area contributed by atoms with Gasteiger partial charge in [0.15, 0.2) is 14.4 Å². The molecule has 1 aromatic carbocycles. The van der Waals surface area contributed by atoms with Crippen molar-refractivity contribution in [2.45, 2.75) is 45.0 Å². The molecule has 0 aromatic heterocycles. The summed E-state index contributed by atoms with van der Waals surface area (Å²) in [6.07, 6.45) is -0.632. The Kier molecular flexibility index (Phi) is 4.93. The predicted octanol–water partition coefficient (Wildman–Crippen LogP) is 3.92. The molecule has 0 unspecified atom stereocenters. The van der Waals surface area contributed by atoms with Crippen molar-refractivity contribution in [3.05, 3.63) is 35.9 Å². The highest BCUT2D eigenvalue weighted by atomic mass is 28.4. The number of hydrogen-bond donors (Lipinski definition) is 0. The van der Waals surface area contributed by atoms with E-state index in [0.29, 0.717) is 0 Å². The van der Waals surface area contributed by atoms with E-state index in [-0.39, 0.29) is 11.0 Å². The average Bonchev–Trinajstić information content (AvgIpc) is 2.35. The van der Waals surface area contributed by atoms with Crippen molar-refractivity contribution in [3.63, 3.8) is 0 Å². The lowest BCUT2D eigenvalue weighted by Gasteiger charge is -2.38. The topological polar surface area (TPSA) is 35.5 Å². The molecular weight excluding hydrogens is 256 g/mol. The fourth-order valence-electron chi connectivity index (χ4n) is 1.46. The van der Waals surface area contributed by atoms with E-state index < -0.39 is 14.4 Å². The van der Waals surface area contributed by atoms with Gasteiger partial charge in [-0.3, -0.25) is 0 Å². The largest absolute Gasteiger partial charge is 0.467 e. The van der Waals surface area contributed by atoms with Gasteiger partial charge in [-0.2, -0.15) is 0 Å². The third-order valence-corrected chi connectivity index (χ3v) is 8.17. The number of ether oxygens (including phenoxy) is 1. The molecule has 0 saturated carbocycles. The summed E-state index contributed by atoms with van der Waals surface area (Å²) >= 11 is 0. The quantitative estimate of drug-likeness (QED) is 0.619. The second kappa shape index (κ2) is 5.88. The number of carbonyl (C=O) groups is 1. The molecule has 106 valence electrons. The van der Waals surface area contributed by atoms with Gasteiger partial charge in [-0.15, -0.1) is 0 Å². The summed E-state index contributed by atoms with van der Waals surface area (Å²) in [4.78, 5) is 12.0. The Balaban J connectivity index is 3.05. The zero-order valence-electron chi connectivity index (χ0n) is 12.7. The standard InChI is InChI=1S/C15H24O3Si/c1-15(2,3)19(5,6)18-13(14(16)17-4)12-10-8-7-9-11-12/h7-11,13H,1-6H3/t13-/m1/s1. The Bertz CT molecular complexity index is 421. The molecule has 19 heavy (non-hydrogen) atoms. The van der Waals surface area contributed by atoms with E-state index in [9.17, 15) is 4.79 Å². The molecule has 3 nitrogen and oxygen atoms in total. The minimum atomic E-state index is -2.03. The molecule has 0 radical (unpaired) electrons. The van der Waals surface area contributed by atoms with Crippen LogP contribution < -0.4 is 0 Å². The highest BCUT2D eigenvalue weighted by molar-refractivity contribution is 6.74. The number of methoxy groups -OCH3 is 1. The molecule has 0 N–H and O–H groups in total. The second-order valence-electron chi connectivity index (χ2n) is 6.19. The summed E-state index contributed by atoms with van der Waals surface area (Å²) in [7, 11) is -0.635. The molecular formula is C15H24O3Si. The van der Waals surface area contributed by atoms with Gasteiger partial charge in [-0.1, -0.05) is 51.1 Å². The van der Waals surface area contributed by atoms with Crippen LogP contribution in [0.5, 0.6) is 0 Å². The van der Waals surface area contributed by atoms with Gasteiger partial charge in [-0.25, -0.2) is 4.79 Å². The van der Waals surface area contributed by atoms with Crippen LogP contribution in [-0.4, -0.2) is 21.4 Å². The molecule has 1 rings (SSSR count). The number of hydrogen-bond acceptors (Lipinski definition) is 3. The Morgan fingerprint density at radius 3 is 2.11 bits per heavy atom. The lowest BCUT2D eigenvalue weighted by atomic mass is 10.1. The summed E-state index contributed by atoms with van der Waals surface area (Å²) < 4.78 is 11.1. The zero-order valence-corrected chi connectivity index (χ0v) is 13.7. The number of carbonyl (C=O) groups excluding carboxylic acids is 1. The fraction of sp³-hybridized carbons (Fsp3) is 0.533. The summed E-state index contributed by atoms with van der Waals surface area (Å²) in [5.41, 5.74) is 0.846. The maximum Gasteiger partial charge on any atom is 0.338 e. The number of esters is 1. The summed E-state index contributed by atoms with van der Waals surface area (Å²) in [5, 5.41) is 0.0497. The van der Waals surface area contributed by atoms with E-state index in [0.717, 1.165) is 5.56 Å². The summed E-state index contributed by atoms with van der Waals surface area (Å²) in [5.74, 6) is -0.337. The van der Waals surface area contributed by atoms with Crippen molar-refractivity contribution in [3.8, 4) is 0 Å². The van der Waals surface area contributed by atoms with Crippen LogP contribution in [0.2, 0.25) is 18.1 Å². The van der Waals surface area contributed by atoms with Gasteiger partial charge in [0.05, 0.1) is 7.11 Å². The zero-order chi connectivity index (χ0) is 14.7. The summed E-state index contributed by atoms with van der Waals surface area (Å²) in [6, 6.07) is 9.52. The van der Waals surface area contributed by atoms with Crippen molar-refractivity contribution < 1.29 is 14.0 Å². The van der Waals surface area contributed by atoms with Crippen LogP contribution in [0, 0.1) is 0 Å². The number of benzene rings is 1. The first kappa shape index (κ1) is 15.9. The summed E-state index contributed by atoms with van der Waals surface area (Å²) in [6.45, 7) is 10.7. The van der Waals surface area contributed by atoms with Crippen molar-refractivity contribution in [2.24, 2.45) is 0 Å². The van der Waals surface area contributed by atoms with E-state index in [2.05, 4.69) is 33.9 Å². The van der Waals surface area contributed by atoms with E-state index in [1.54, 1.807) is 0 Å². The van der Waals surface area contributed by atoms with E-state index in [1.807, 2.05) is 30.3 Å². The second-order valence-corrected chi connectivity index (χ2v) is 10.9. The van der Waals surface area contributed by atoms with Crippen LogP contribution in [0.3, 0.4) is 0 Å². The molecule has 0 spiro atoms. The SMILES string of the molecule is COC(=O)[C@H](O[Si](C)(C)C(C)(C)C)c1ccccc1. The van der Waals surface area contributed by atoms with Crippen LogP contribution in [0.15, 0.2) is 30.3 Å². The third-order valence-electron chi connectivity index (χ3n) is 3.74. The Hall–Kier alpha value is -1.13. The van der Waals surface area contributed by atoms with Crippen LogP contribution in [0.1, 0.15) is 32.4 Å². The van der Waals surface area contributed by atoms with Crippen LogP contribution in [-0.2, 0) is 14.0 Å². The molecule has 4 heteroatoms. The maximum atomic E-state index is 12.0. The van der Waals surface area contributed by atoms with Crippen LogP contribution in [0.4, 0.5) is 0 Å². The van der Waals surface area contributed by atoms with Crippen molar-refractivity contribution in [1.82, 2.24) is 0 Å². The minimum absolute atomic E-state index is 0.0497. The maximum absolute atomic E-state index is 12.0. The van der Waals surface area contributed by atoms with Gasteiger partial charge in [-0.05, 0) is 23.7 Å². The Morgan fingerprint density at radius 2 is 1.68 bits per heavy atom. The first-order valence-electron chi connectivity index (χ1n) is 6.49. The highest BCUT2D eigenvalue weighted by Crippen LogP contribution is 2.39. The molecule has 0 amide bonds. The van der Waals surface area contributed by atoms with E-state index in [4.69, 9.17) is 9.16 Å². The van der Waals surface area contributed by atoms with Crippen molar-refractivity contribution >= 4 is 14.3 Å². The van der Waals surface area contributed by atoms with Crippen molar-refractivity contribution in [1.29, 1.82) is 0 Å². The first-order valence-corrected chi connectivity index (χ1v) is 9.40. The van der Waals surface area contributed by atoms with Gasteiger partial charge in [0.1, 0.15) is 0 Å². The number of rotatable bonds is 4. The average molecular weight is 280 g/mol. The molecule has 1 atom stereocenters. The minimum Gasteiger partial charge on any atom is -0.467 e. The fourth-order valence-corrected chi connectivity index (χ4v) is 2.63. The molecule has 0 aliphatic heterocycles. The molecule has 0 aliphatic carbocycles. The van der Waals surface area contributed by atoms with Crippen LogP contribution >= 0.6 is 0 Å². The van der Waals surface area contributed by atoms with Gasteiger partial charge >= 0.3 is 5.97 Å². The highest BCUT2D eigenvalue weighted by Gasteiger charge is 2.41. The Labute approximate surface area is 117 Å². The normalized spacial score (nSPS) is 14.0. The van der Waals surface area contributed by atoms with E-state index >= 15 is 0 Å². The van der Waals surface area contributed by atoms with E-state index in [1.165, 1.54) is 7.11 Å². The molecule has 0 heterocycles. The van der Waals surface area contributed by atoms with Gasteiger partial charge in [0.2, 0.25) is 0 Å². The molecule has 0 fully saturated rings. The van der Waals surface area contributed by atoms with Gasteiger partial charge in [0.25, 0.3) is 0 Å². The Morgan fingerprint density at radius 1 is 1.16 bits per heavy atom.